The normalized spacial score (nSPS) is 18.0. The molecule has 32 heavy (non-hydrogen) atoms. The highest BCUT2D eigenvalue weighted by atomic mass is 19.4. The standard InChI is InChI=1S/C24H23F3N4O/c1-15-22(16(2)31(30-15)21-12-9-18(10-13-21)24(25,26)27)17-8-11-20(14-17)29-23(32)28-19-6-4-3-5-7-19/h3-13,17,20H,14H2,1-2H3,(H2,28,29,32)/t17-,20-/m1/s1. The molecule has 0 fully saturated rings. The van der Waals surface area contributed by atoms with Crippen molar-refractivity contribution in [2.75, 3.05) is 5.32 Å². The predicted molar refractivity (Wildman–Crippen MR) is 117 cm³/mol. The van der Waals surface area contributed by atoms with Crippen molar-refractivity contribution in [1.82, 2.24) is 15.1 Å². The fourth-order valence-corrected chi connectivity index (χ4v) is 4.11. The number of hydrogen-bond acceptors (Lipinski definition) is 2. The Kier molecular flexibility index (Phi) is 5.78. The molecular weight excluding hydrogens is 417 g/mol. The van der Waals surface area contributed by atoms with Gasteiger partial charge in [-0.1, -0.05) is 30.4 Å². The number of nitrogens with one attached hydrogen (secondary N) is 2. The monoisotopic (exact) mass is 440 g/mol. The Bertz CT molecular complexity index is 1130. The smallest absolute Gasteiger partial charge is 0.332 e. The molecular formula is C24H23F3N4O. The first kappa shape index (κ1) is 21.7. The first-order valence-corrected chi connectivity index (χ1v) is 10.3. The van der Waals surface area contributed by atoms with Crippen LogP contribution in [0.5, 0.6) is 0 Å². The highest BCUT2D eigenvalue weighted by Crippen LogP contribution is 2.34. The molecule has 2 aromatic carbocycles. The van der Waals surface area contributed by atoms with Gasteiger partial charge < -0.3 is 10.6 Å². The first-order valence-electron chi connectivity index (χ1n) is 10.3. The number of aryl methyl sites for hydroxylation is 1. The maximum atomic E-state index is 12.9. The lowest BCUT2D eigenvalue weighted by molar-refractivity contribution is -0.137. The zero-order chi connectivity index (χ0) is 22.9. The van der Waals surface area contributed by atoms with Gasteiger partial charge in [0.05, 0.1) is 16.9 Å². The van der Waals surface area contributed by atoms with Gasteiger partial charge in [0, 0.05) is 28.9 Å². The Morgan fingerprint density at radius 1 is 1.03 bits per heavy atom. The highest BCUT2D eigenvalue weighted by Gasteiger charge is 2.30. The molecule has 0 saturated carbocycles. The molecule has 1 heterocycles. The van der Waals surface area contributed by atoms with Crippen molar-refractivity contribution in [2.45, 2.75) is 38.4 Å². The van der Waals surface area contributed by atoms with Crippen LogP contribution in [0, 0.1) is 13.8 Å². The molecule has 0 saturated heterocycles. The van der Waals surface area contributed by atoms with Crippen molar-refractivity contribution in [3.8, 4) is 5.69 Å². The van der Waals surface area contributed by atoms with E-state index in [2.05, 4.69) is 15.7 Å². The van der Waals surface area contributed by atoms with E-state index in [9.17, 15) is 18.0 Å². The molecule has 1 aliphatic carbocycles. The van der Waals surface area contributed by atoms with E-state index < -0.39 is 11.7 Å². The van der Waals surface area contributed by atoms with Crippen molar-refractivity contribution in [1.29, 1.82) is 0 Å². The second-order valence-corrected chi connectivity index (χ2v) is 7.84. The molecule has 166 valence electrons. The lowest BCUT2D eigenvalue weighted by Gasteiger charge is -2.15. The van der Waals surface area contributed by atoms with Crippen LogP contribution in [0.25, 0.3) is 5.69 Å². The molecule has 0 spiro atoms. The van der Waals surface area contributed by atoms with Crippen LogP contribution in [0.3, 0.4) is 0 Å². The van der Waals surface area contributed by atoms with Gasteiger partial charge in [0.15, 0.2) is 0 Å². The second kappa shape index (κ2) is 8.53. The fraction of sp³-hybridized carbons (Fsp3) is 0.250. The van der Waals surface area contributed by atoms with E-state index in [1.54, 1.807) is 4.68 Å². The Morgan fingerprint density at radius 2 is 1.72 bits per heavy atom. The molecule has 5 nitrogen and oxygen atoms in total. The van der Waals surface area contributed by atoms with E-state index in [1.165, 1.54) is 12.1 Å². The zero-order valence-electron chi connectivity index (χ0n) is 17.6. The average molecular weight is 440 g/mol. The van der Waals surface area contributed by atoms with Gasteiger partial charge >= 0.3 is 12.2 Å². The average Bonchev–Trinajstić information content (AvgIpc) is 3.31. The quantitative estimate of drug-likeness (QED) is 0.508. The molecule has 1 aliphatic rings. The number of benzene rings is 2. The lowest BCUT2D eigenvalue weighted by Crippen LogP contribution is -2.36. The molecule has 0 radical (unpaired) electrons. The SMILES string of the molecule is Cc1nn(-c2ccc(C(F)(F)F)cc2)c(C)c1[C@@H]1C=C[C@@H](NC(=O)Nc2ccccc2)C1. The number of alkyl halides is 3. The summed E-state index contributed by atoms with van der Waals surface area (Å²) in [6.07, 6.45) is 0.315. The number of halogens is 3. The van der Waals surface area contributed by atoms with Crippen LogP contribution >= 0.6 is 0 Å². The third-order valence-electron chi connectivity index (χ3n) is 5.59. The van der Waals surface area contributed by atoms with Gasteiger partial charge in [-0.2, -0.15) is 18.3 Å². The van der Waals surface area contributed by atoms with Crippen LogP contribution in [-0.4, -0.2) is 21.9 Å². The van der Waals surface area contributed by atoms with Gasteiger partial charge in [-0.05, 0) is 56.7 Å². The Labute approximate surface area is 183 Å². The fourth-order valence-electron chi connectivity index (χ4n) is 4.11. The van der Waals surface area contributed by atoms with Gasteiger partial charge in [0.2, 0.25) is 0 Å². The molecule has 0 bridgehead atoms. The number of anilines is 1. The van der Waals surface area contributed by atoms with Gasteiger partial charge in [0.1, 0.15) is 0 Å². The van der Waals surface area contributed by atoms with Crippen LogP contribution in [0.4, 0.5) is 23.7 Å². The van der Waals surface area contributed by atoms with Crippen LogP contribution in [-0.2, 0) is 6.18 Å². The number of nitrogens with zero attached hydrogens (tertiary/aromatic N) is 2. The van der Waals surface area contributed by atoms with Crippen molar-refractivity contribution in [3.05, 3.63) is 89.3 Å². The van der Waals surface area contributed by atoms with Gasteiger partial charge in [0.25, 0.3) is 0 Å². The second-order valence-electron chi connectivity index (χ2n) is 7.84. The Balaban J connectivity index is 1.45. The predicted octanol–water partition coefficient (Wildman–Crippen LogP) is 5.74. The molecule has 4 rings (SSSR count). The van der Waals surface area contributed by atoms with E-state index >= 15 is 0 Å². The van der Waals surface area contributed by atoms with E-state index in [0.29, 0.717) is 17.8 Å². The molecule has 1 aromatic heterocycles. The number of amides is 2. The number of para-hydroxylation sites is 1. The number of hydrogen-bond donors (Lipinski definition) is 2. The van der Waals surface area contributed by atoms with E-state index in [-0.39, 0.29) is 18.0 Å². The number of carbonyl (C=O) groups is 1. The molecule has 3 aromatic rings. The summed E-state index contributed by atoms with van der Waals surface area (Å²) in [6, 6.07) is 13.8. The van der Waals surface area contributed by atoms with Crippen LogP contribution in [0.15, 0.2) is 66.7 Å². The number of urea groups is 1. The summed E-state index contributed by atoms with van der Waals surface area (Å²) in [4.78, 5) is 12.3. The van der Waals surface area contributed by atoms with Crippen molar-refractivity contribution < 1.29 is 18.0 Å². The summed E-state index contributed by atoms with van der Waals surface area (Å²) in [6.45, 7) is 3.79. The van der Waals surface area contributed by atoms with Crippen molar-refractivity contribution >= 4 is 11.7 Å². The third kappa shape index (κ3) is 4.54. The van der Waals surface area contributed by atoms with Crippen LogP contribution in [0.2, 0.25) is 0 Å². The van der Waals surface area contributed by atoms with E-state index in [1.807, 2.05) is 56.3 Å². The van der Waals surface area contributed by atoms with Crippen LogP contribution < -0.4 is 10.6 Å². The van der Waals surface area contributed by atoms with Gasteiger partial charge in [-0.15, -0.1) is 0 Å². The minimum atomic E-state index is -4.37. The van der Waals surface area contributed by atoms with Crippen LogP contribution in [0.1, 0.15) is 34.9 Å². The lowest BCUT2D eigenvalue weighted by atomic mass is 9.96. The minimum Gasteiger partial charge on any atom is -0.332 e. The van der Waals surface area contributed by atoms with E-state index in [4.69, 9.17) is 0 Å². The van der Waals surface area contributed by atoms with Crippen molar-refractivity contribution in [3.63, 3.8) is 0 Å². The van der Waals surface area contributed by atoms with E-state index in [0.717, 1.165) is 29.1 Å². The Morgan fingerprint density at radius 3 is 2.38 bits per heavy atom. The molecule has 2 atom stereocenters. The van der Waals surface area contributed by atoms with Gasteiger partial charge in [-0.3, -0.25) is 0 Å². The molecule has 2 amide bonds. The number of allylic oxidation sites excluding steroid dienone is 1. The zero-order valence-corrected chi connectivity index (χ0v) is 17.6. The molecule has 0 aliphatic heterocycles. The summed E-state index contributed by atoms with van der Waals surface area (Å²) in [5.41, 5.74) is 3.30. The summed E-state index contributed by atoms with van der Waals surface area (Å²) < 4.78 is 40.2. The maximum absolute atomic E-state index is 12.9. The number of aromatic nitrogens is 2. The Hall–Kier alpha value is -3.55. The largest absolute Gasteiger partial charge is 0.416 e. The number of carbonyl (C=O) groups excluding carboxylic acids is 1. The summed E-state index contributed by atoms with van der Waals surface area (Å²) in [7, 11) is 0. The maximum Gasteiger partial charge on any atom is 0.416 e. The minimum absolute atomic E-state index is 0.0558. The van der Waals surface area contributed by atoms with Crippen molar-refractivity contribution in [2.24, 2.45) is 0 Å². The summed E-state index contributed by atoms with van der Waals surface area (Å²) in [5.74, 6) is 0.0558. The first-order chi connectivity index (χ1) is 15.2. The molecule has 2 N–H and O–H groups in total. The summed E-state index contributed by atoms with van der Waals surface area (Å²) >= 11 is 0. The topological polar surface area (TPSA) is 59.0 Å². The third-order valence-corrected chi connectivity index (χ3v) is 5.59. The molecule has 0 unspecified atom stereocenters. The van der Waals surface area contributed by atoms with Gasteiger partial charge in [-0.25, -0.2) is 9.48 Å². The molecule has 8 heteroatoms. The summed E-state index contributed by atoms with van der Waals surface area (Å²) in [5, 5.41) is 10.3. The highest BCUT2D eigenvalue weighted by molar-refractivity contribution is 5.89. The number of rotatable bonds is 4.